The van der Waals surface area contributed by atoms with Gasteiger partial charge >= 0.3 is 5.97 Å². The van der Waals surface area contributed by atoms with Crippen molar-refractivity contribution < 1.29 is 14.3 Å². The number of hydrogen-bond donors (Lipinski definition) is 1. The summed E-state index contributed by atoms with van der Waals surface area (Å²) in [4.78, 5) is 23.6. The molecule has 0 aliphatic heterocycles. The molecule has 0 radical (unpaired) electrons. The van der Waals surface area contributed by atoms with Crippen molar-refractivity contribution in [2.45, 2.75) is 26.7 Å². The van der Waals surface area contributed by atoms with Crippen molar-refractivity contribution >= 4 is 24.4 Å². The van der Waals surface area contributed by atoms with E-state index in [1.54, 1.807) is 0 Å². The highest BCUT2D eigenvalue weighted by atomic mass is 32.1. The molecule has 0 bridgehead atoms. The highest BCUT2D eigenvalue weighted by Gasteiger charge is 2.20. The van der Waals surface area contributed by atoms with E-state index in [4.69, 9.17) is 4.74 Å². The second-order valence-electron chi connectivity index (χ2n) is 5.32. The molecule has 0 heterocycles. The van der Waals surface area contributed by atoms with Crippen LogP contribution in [0.1, 0.15) is 25.8 Å². The van der Waals surface area contributed by atoms with Crippen LogP contribution >= 0.6 is 12.6 Å². The van der Waals surface area contributed by atoms with Gasteiger partial charge < -0.3 is 4.74 Å². The number of carbonyl (C=O) groups is 2. The fraction of sp³-hybridized carbons (Fsp3) is 0.500. The summed E-state index contributed by atoms with van der Waals surface area (Å²) in [5, 5.41) is 0. The number of ketones is 1. The molecule has 0 amide bonds. The number of thiol groups is 1. The van der Waals surface area contributed by atoms with Crippen molar-refractivity contribution in [3.63, 3.8) is 0 Å². The Morgan fingerprint density at radius 3 is 2.40 bits per heavy atom. The van der Waals surface area contributed by atoms with E-state index in [0.29, 0.717) is 18.1 Å². The van der Waals surface area contributed by atoms with Crippen LogP contribution in [0.2, 0.25) is 0 Å². The Morgan fingerprint density at radius 2 is 1.85 bits per heavy atom. The highest BCUT2D eigenvalue weighted by Crippen LogP contribution is 2.15. The van der Waals surface area contributed by atoms with Crippen LogP contribution in [-0.2, 0) is 20.7 Å². The molecule has 0 aliphatic carbocycles. The van der Waals surface area contributed by atoms with Gasteiger partial charge in [-0.05, 0) is 17.9 Å². The summed E-state index contributed by atoms with van der Waals surface area (Å²) in [5.74, 6) is 0.203. The molecule has 110 valence electrons. The zero-order valence-corrected chi connectivity index (χ0v) is 12.9. The Kier molecular flexibility index (Phi) is 7.37. The number of carbonyl (C=O) groups excluding carboxylic acids is 2. The normalized spacial score (nSPS) is 12.2. The van der Waals surface area contributed by atoms with E-state index in [1.165, 1.54) is 0 Å². The molecular formula is C16H22O3S. The van der Waals surface area contributed by atoms with Crippen molar-refractivity contribution in [1.82, 2.24) is 0 Å². The van der Waals surface area contributed by atoms with Crippen LogP contribution in [0.15, 0.2) is 30.3 Å². The van der Waals surface area contributed by atoms with E-state index in [2.05, 4.69) is 12.6 Å². The summed E-state index contributed by atoms with van der Waals surface area (Å²) in [6.45, 7) is 3.94. The van der Waals surface area contributed by atoms with E-state index >= 15 is 0 Å². The number of hydrogen-bond acceptors (Lipinski definition) is 4. The number of Topliss-reactive ketones (excluding diaryl/α,β-unsaturated/α-hetero) is 1. The highest BCUT2D eigenvalue weighted by molar-refractivity contribution is 7.80. The van der Waals surface area contributed by atoms with Crippen LogP contribution in [0.3, 0.4) is 0 Å². The lowest BCUT2D eigenvalue weighted by Gasteiger charge is -2.15. The fourth-order valence-corrected chi connectivity index (χ4v) is 2.26. The Bertz CT molecular complexity index is 429. The number of ether oxygens (including phenoxy) is 1. The zero-order chi connectivity index (χ0) is 15.0. The first kappa shape index (κ1) is 16.8. The quantitative estimate of drug-likeness (QED) is 0.592. The number of esters is 1. The van der Waals surface area contributed by atoms with Gasteiger partial charge in [0.15, 0.2) is 5.78 Å². The Balaban J connectivity index is 2.38. The van der Waals surface area contributed by atoms with Gasteiger partial charge in [0.1, 0.15) is 6.61 Å². The lowest BCUT2D eigenvalue weighted by atomic mass is 9.99. The molecular weight excluding hydrogens is 272 g/mol. The molecule has 1 rings (SSSR count). The molecule has 0 fully saturated rings. The SMILES string of the molecule is CC(C)CC(CS)C(=O)OCC(=O)Cc1ccccc1. The van der Waals surface area contributed by atoms with Gasteiger partial charge in [-0.15, -0.1) is 0 Å². The maximum Gasteiger partial charge on any atom is 0.310 e. The molecule has 1 aromatic rings. The van der Waals surface area contributed by atoms with E-state index < -0.39 is 0 Å². The molecule has 1 atom stereocenters. The number of rotatable bonds is 8. The Hall–Kier alpha value is -1.29. The lowest BCUT2D eigenvalue weighted by Crippen LogP contribution is -2.24. The van der Waals surface area contributed by atoms with Crippen LogP contribution in [0, 0.1) is 11.8 Å². The van der Waals surface area contributed by atoms with E-state index in [-0.39, 0.29) is 24.3 Å². The average Bonchev–Trinajstić information content (AvgIpc) is 2.43. The predicted octanol–water partition coefficient (Wildman–Crippen LogP) is 2.93. The van der Waals surface area contributed by atoms with E-state index in [0.717, 1.165) is 12.0 Å². The maximum atomic E-state index is 11.8. The van der Waals surface area contributed by atoms with Crippen molar-refractivity contribution in [2.24, 2.45) is 11.8 Å². The van der Waals surface area contributed by atoms with Crippen LogP contribution in [0.5, 0.6) is 0 Å². The molecule has 4 heteroatoms. The molecule has 3 nitrogen and oxygen atoms in total. The molecule has 0 saturated carbocycles. The molecule has 1 aromatic carbocycles. The summed E-state index contributed by atoms with van der Waals surface area (Å²) in [6, 6.07) is 9.43. The van der Waals surface area contributed by atoms with E-state index in [9.17, 15) is 9.59 Å². The van der Waals surface area contributed by atoms with Crippen molar-refractivity contribution in [2.75, 3.05) is 12.4 Å². The van der Waals surface area contributed by atoms with Gasteiger partial charge in [-0.3, -0.25) is 9.59 Å². The summed E-state index contributed by atoms with van der Waals surface area (Å²) >= 11 is 4.17. The van der Waals surface area contributed by atoms with Gasteiger partial charge in [-0.2, -0.15) is 12.6 Å². The van der Waals surface area contributed by atoms with Gasteiger partial charge in [0.2, 0.25) is 0 Å². The molecule has 0 saturated heterocycles. The minimum absolute atomic E-state index is 0.0907. The molecule has 0 aromatic heterocycles. The Morgan fingerprint density at radius 1 is 1.20 bits per heavy atom. The third-order valence-corrected chi connectivity index (χ3v) is 3.37. The second-order valence-corrected chi connectivity index (χ2v) is 5.68. The molecule has 20 heavy (non-hydrogen) atoms. The average molecular weight is 294 g/mol. The third-order valence-electron chi connectivity index (χ3n) is 2.93. The van der Waals surface area contributed by atoms with Gasteiger partial charge in [0.05, 0.1) is 5.92 Å². The van der Waals surface area contributed by atoms with Gasteiger partial charge in [-0.25, -0.2) is 0 Å². The first-order valence-corrected chi connectivity index (χ1v) is 7.49. The smallest absolute Gasteiger partial charge is 0.310 e. The molecule has 1 unspecified atom stereocenters. The third kappa shape index (κ3) is 6.24. The van der Waals surface area contributed by atoms with Crippen LogP contribution in [-0.4, -0.2) is 24.1 Å². The molecule has 0 spiro atoms. The summed E-state index contributed by atoms with van der Waals surface area (Å²) < 4.78 is 5.09. The van der Waals surface area contributed by atoms with Gasteiger partial charge in [0.25, 0.3) is 0 Å². The van der Waals surface area contributed by atoms with Crippen molar-refractivity contribution in [1.29, 1.82) is 0 Å². The second kappa shape index (κ2) is 8.80. The summed E-state index contributed by atoms with van der Waals surface area (Å²) in [6.07, 6.45) is 1.03. The van der Waals surface area contributed by atoms with Crippen LogP contribution in [0.25, 0.3) is 0 Å². The van der Waals surface area contributed by atoms with Gasteiger partial charge in [0, 0.05) is 12.2 Å². The monoisotopic (exact) mass is 294 g/mol. The van der Waals surface area contributed by atoms with Crippen LogP contribution in [0.4, 0.5) is 0 Å². The van der Waals surface area contributed by atoms with Crippen molar-refractivity contribution in [3.05, 3.63) is 35.9 Å². The fourth-order valence-electron chi connectivity index (χ4n) is 1.96. The Labute approximate surface area is 126 Å². The minimum Gasteiger partial charge on any atom is -0.457 e. The minimum atomic E-state index is -0.324. The first-order chi connectivity index (χ1) is 9.52. The van der Waals surface area contributed by atoms with Gasteiger partial charge in [-0.1, -0.05) is 44.2 Å². The predicted molar refractivity (Wildman–Crippen MR) is 82.9 cm³/mol. The molecule has 0 N–H and O–H groups in total. The topological polar surface area (TPSA) is 43.4 Å². The summed E-state index contributed by atoms with van der Waals surface area (Å²) in [5.41, 5.74) is 0.932. The van der Waals surface area contributed by atoms with Crippen molar-refractivity contribution in [3.8, 4) is 0 Å². The number of benzene rings is 1. The standard InChI is InChI=1S/C16H22O3S/c1-12(2)8-14(11-20)16(18)19-10-15(17)9-13-6-4-3-5-7-13/h3-7,12,14,20H,8-11H2,1-2H3. The summed E-state index contributed by atoms with van der Waals surface area (Å²) in [7, 11) is 0. The zero-order valence-electron chi connectivity index (χ0n) is 12.0. The largest absolute Gasteiger partial charge is 0.457 e. The first-order valence-electron chi connectivity index (χ1n) is 6.86. The van der Waals surface area contributed by atoms with Crippen LogP contribution < -0.4 is 0 Å². The van der Waals surface area contributed by atoms with E-state index in [1.807, 2.05) is 44.2 Å². The molecule has 0 aliphatic rings. The lowest BCUT2D eigenvalue weighted by molar-refractivity contribution is -0.151. The maximum absolute atomic E-state index is 11.8.